The predicted molar refractivity (Wildman–Crippen MR) is 83.0 cm³/mol. The van der Waals surface area contributed by atoms with Crippen LogP contribution < -0.4 is 5.73 Å². The molecule has 2 rings (SSSR count). The summed E-state index contributed by atoms with van der Waals surface area (Å²) in [6.07, 6.45) is 0. The number of thioether (sulfide) groups is 1. The van der Waals surface area contributed by atoms with Crippen LogP contribution in [0, 0.1) is 0 Å². The van der Waals surface area contributed by atoms with E-state index in [1.165, 1.54) is 10.5 Å². The molecule has 0 saturated carbocycles. The Balaban J connectivity index is 2.04. The van der Waals surface area contributed by atoms with Gasteiger partial charge in [-0.15, -0.1) is 11.8 Å². The molecule has 0 bridgehead atoms. The summed E-state index contributed by atoms with van der Waals surface area (Å²) < 4.78 is 1.10. The van der Waals surface area contributed by atoms with E-state index in [1.807, 2.05) is 12.1 Å². The lowest BCUT2D eigenvalue weighted by Crippen LogP contribution is -1.95. The summed E-state index contributed by atoms with van der Waals surface area (Å²) in [5, 5.41) is 0.775. The van der Waals surface area contributed by atoms with Gasteiger partial charge >= 0.3 is 0 Å². The van der Waals surface area contributed by atoms with E-state index >= 15 is 0 Å². The van der Waals surface area contributed by atoms with Crippen molar-refractivity contribution >= 4 is 39.3 Å². The molecule has 0 aliphatic heterocycles. The van der Waals surface area contributed by atoms with Crippen molar-refractivity contribution in [2.75, 3.05) is 0 Å². The van der Waals surface area contributed by atoms with Crippen molar-refractivity contribution in [3.05, 3.63) is 63.1 Å². The Morgan fingerprint density at radius 2 is 1.72 bits per heavy atom. The van der Waals surface area contributed by atoms with Gasteiger partial charge in [-0.05, 0) is 51.3 Å². The van der Waals surface area contributed by atoms with Gasteiger partial charge in [0.1, 0.15) is 0 Å². The lowest BCUT2D eigenvalue weighted by Gasteiger charge is -2.06. The van der Waals surface area contributed by atoms with E-state index < -0.39 is 0 Å². The summed E-state index contributed by atoms with van der Waals surface area (Å²) in [5.41, 5.74) is 8.01. The van der Waals surface area contributed by atoms with E-state index in [-0.39, 0.29) is 0 Å². The third-order valence-electron chi connectivity index (χ3n) is 2.54. The fourth-order valence-electron chi connectivity index (χ4n) is 1.53. The van der Waals surface area contributed by atoms with Crippen LogP contribution in [0.2, 0.25) is 5.02 Å². The Labute approximate surface area is 125 Å². The monoisotopic (exact) mass is 341 g/mol. The van der Waals surface area contributed by atoms with Crippen molar-refractivity contribution in [1.29, 1.82) is 0 Å². The largest absolute Gasteiger partial charge is 0.326 e. The molecule has 1 nitrogen and oxygen atoms in total. The molecule has 18 heavy (non-hydrogen) atoms. The number of nitrogens with two attached hydrogens (primary N) is 1. The van der Waals surface area contributed by atoms with Crippen LogP contribution in [0.15, 0.2) is 51.8 Å². The zero-order chi connectivity index (χ0) is 13.0. The van der Waals surface area contributed by atoms with Gasteiger partial charge in [0.25, 0.3) is 0 Å². The molecule has 0 aliphatic rings. The third kappa shape index (κ3) is 3.75. The first kappa shape index (κ1) is 13.9. The Bertz CT molecular complexity index is 528. The standard InChI is InChI=1S/C14H13BrClNS/c15-13-7-11(8-17)3-6-14(13)18-9-10-1-4-12(16)5-2-10/h1-7H,8-9,17H2. The average Bonchev–Trinajstić information content (AvgIpc) is 2.39. The molecular formula is C14H13BrClNS. The lowest BCUT2D eigenvalue weighted by molar-refractivity contribution is 1.06. The van der Waals surface area contributed by atoms with Crippen LogP contribution in [-0.4, -0.2) is 0 Å². The highest BCUT2D eigenvalue weighted by Crippen LogP contribution is 2.31. The maximum absolute atomic E-state index is 5.86. The fourth-order valence-corrected chi connectivity index (χ4v) is 3.30. The molecule has 0 heterocycles. The smallest absolute Gasteiger partial charge is 0.0406 e. The van der Waals surface area contributed by atoms with Crippen LogP contribution in [0.1, 0.15) is 11.1 Å². The minimum absolute atomic E-state index is 0.570. The molecule has 2 aromatic rings. The van der Waals surface area contributed by atoms with Gasteiger partial charge in [-0.25, -0.2) is 0 Å². The normalized spacial score (nSPS) is 10.6. The molecule has 2 N–H and O–H groups in total. The summed E-state index contributed by atoms with van der Waals surface area (Å²) in [6.45, 7) is 0.570. The second-order valence-electron chi connectivity index (χ2n) is 3.88. The highest BCUT2D eigenvalue weighted by Gasteiger charge is 2.02. The van der Waals surface area contributed by atoms with E-state index in [0.717, 1.165) is 20.8 Å². The molecule has 0 aromatic heterocycles. The topological polar surface area (TPSA) is 26.0 Å². The molecule has 0 fully saturated rings. The summed E-state index contributed by atoms with van der Waals surface area (Å²) >= 11 is 11.2. The summed E-state index contributed by atoms with van der Waals surface area (Å²) in [6, 6.07) is 14.2. The fraction of sp³-hybridized carbons (Fsp3) is 0.143. The first-order chi connectivity index (χ1) is 8.69. The van der Waals surface area contributed by atoms with E-state index in [9.17, 15) is 0 Å². The van der Waals surface area contributed by atoms with Gasteiger partial charge in [0.15, 0.2) is 0 Å². The van der Waals surface area contributed by atoms with Crippen LogP contribution in [-0.2, 0) is 12.3 Å². The number of halogens is 2. The van der Waals surface area contributed by atoms with Gasteiger partial charge in [-0.3, -0.25) is 0 Å². The Hall–Kier alpha value is -0.480. The van der Waals surface area contributed by atoms with Crippen molar-refractivity contribution in [3.8, 4) is 0 Å². The minimum atomic E-state index is 0.570. The SMILES string of the molecule is NCc1ccc(SCc2ccc(Cl)cc2)c(Br)c1. The van der Waals surface area contributed by atoms with E-state index in [2.05, 4.69) is 46.3 Å². The van der Waals surface area contributed by atoms with Crippen molar-refractivity contribution < 1.29 is 0 Å². The Kier molecular flexibility index (Phi) is 5.13. The van der Waals surface area contributed by atoms with Crippen molar-refractivity contribution in [1.82, 2.24) is 0 Å². The van der Waals surface area contributed by atoms with Crippen LogP contribution in [0.25, 0.3) is 0 Å². The maximum Gasteiger partial charge on any atom is 0.0406 e. The summed E-state index contributed by atoms with van der Waals surface area (Å²) in [4.78, 5) is 1.22. The van der Waals surface area contributed by atoms with Gasteiger partial charge in [-0.1, -0.05) is 29.8 Å². The predicted octanol–water partition coefficient (Wildman–Crippen LogP) is 4.85. The van der Waals surface area contributed by atoms with Crippen LogP contribution in [0.5, 0.6) is 0 Å². The van der Waals surface area contributed by atoms with Gasteiger partial charge in [-0.2, -0.15) is 0 Å². The quantitative estimate of drug-likeness (QED) is 0.803. The molecule has 0 aliphatic carbocycles. The van der Waals surface area contributed by atoms with Crippen LogP contribution in [0.3, 0.4) is 0 Å². The number of rotatable bonds is 4. The molecule has 2 aromatic carbocycles. The number of benzene rings is 2. The second-order valence-corrected chi connectivity index (χ2v) is 6.19. The number of hydrogen-bond acceptors (Lipinski definition) is 2. The van der Waals surface area contributed by atoms with Crippen molar-refractivity contribution in [2.45, 2.75) is 17.2 Å². The Morgan fingerprint density at radius 1 is 1.06 bits per heavy atom. The molecule has 0 spiro atoms. The molecule has 0 radical (unpaired) electrons. The van der Waals surface area contributed by atoms with E-state index in [1.54, 1.807) is 11.8 Å². The number of hydrogen-bond donors (Lipinski definition) is 1. The van der Waals surface area contributed by atoms with Gasteiger partial charge in [0.05, 0.1) is 0 Å². The summed E-state index contributed by atoms with van der Waals surface area (Å²) in [5.74, 6) is 0.928. The first-order valence-corrected chi connectivity index (χ1v) is 7.70. The van der Waals surface area contributed by atoms with E-state index in [4.69, 9.17) is 17.3 Å². The van der Waals surface area contributed by atoms with Gasteiger partial charge in [0, 0.05) is 26.7 Å². The molecule has 94 valence electrons. The molecule has 0 amide bonds. The average molecular weight is 343 g/mol. The molecule has 0 saturated heterocycles. The van der Waals surface area contributed by atoms with Gasteiger partial charge < -0.3 is 5.73 Å². The zero-order valence-electron chi connectivity index (χ0n) is 9.70. The zero-order valence-corrected chi connectivity index (χ0v) is 12.9. The van der Waals surface area contributed by atoms with Crippen molar-refractivity contribution in [3.63, 3.8) is 0 Å². The Morgan fingerprint density at radius 3 is 2.33 bits per heavy atom. The summed E-state index contributed by atoms with van der Waals surface area (Å²) in [7, 11) is 0. The molecule has 0 unspecified atom stereocenters. The highest BCUT2D eigenvalue weighted by molar-refractivity contribution is 9.10. The highest BCUT2D eigenvalue weighted by atomic mass is 79.9. The molecular weight excluding hydrogens is 330 g/mol. The minimum Gasteiger partial charge on any atom is -0.326 e. The molecule has 4 heteroatoms. The van der Waals surface area contributed by atoms with Crippen LogP contribution >= 0.6 is 39.3 Å². The third-order valence-corrected chi connectivity index (χ3v) is 4.85. The second kappa shape index (κ2) is 6.62. The first-order valence-electron chi connectivity index (χ1n) is 5.55. The van der Waals surface area contributed by atoms with Crippen LogP contribution in [0.4, 0.5) is 0 Å². The maximum atomic E-state index is 5.86. The molecule has 0 atom stereocenters. The van der Waals surface area contributed by atoms with Gasteiger partial charge in [0.2, 0.25) is 0 Å². The van der Waals surface area contributed by atoms with E-state index in [0.29, 0.717) is 6.54 Å². The lowest BCUT2D eigenvalue weighted by atomic mass is 10.2. The van der Waals surface area contributed by atoms with Crippen molar-refractivity contribution in [2.24, 2.45) is 5.73 Å².